The van der Waals surface area contributed by atoms with Gasteiger partial charge in [-0.1, -0.05) is 36.4 Å². The molecule has 2 aliphatic rings. The highest BCUT2D eigenvalue weighted by Crippen LogP contribution is 2.40. The lowest BCUT2D eigenvalue weighted by molar-refractivity contribution is -0.130. The molecular weight excluding hydrogens is 460 g/mol. The molecule has 184 valence electrons. The minimum Gasteiger partial charge on any atom is -0.328 e. The van der Waals surface area contributed by atoms with E-state index in [9.17, 15) is 4.79 Å². The summed E-state index contributed by atoms with van der Waals surface area (Å²) in [5.74, 6) is 0.187. The average Bonchev–Trinajstić information content (AvgIpc) is 3.55. The van der Waals surface area contributed by atoms with E-state index in [4.69, 9.17) is 11.5 Å². The fraction of sp³-hybridized carbons (Fsp3) is 0.519. The summed E-state index contributed by atoms with van der Waals surface area (Å²) in [4.78, 5) is 21.4. The first-order valence-corrected chi connectivity index (χ1v) is 14.8. The van der Waals surface area contributed by atoms with Crippen LogP contribution in [0.1, 0.15) is 48.9 Å². The average molecular weight is 499 g/mol. The molecule has 0 aromatic heterocycles. The van der Waals surface area contributed by atoms with Crippen LogP contribution < -0.4 is 11.5 Å². The summed E-state index contributed by atoms with van der Waals surface area (Å²) in [7, 11) is 0. The molecule has 4 rings (SSSR count). The third-order valence-electron chi connectivity index (χ3n) is 7.49. The second-order valence-corrected chi connectivity index (χ2v) is 10.9. The molecule has 0 bridgehead atoms. The van der Waals surface area contributed by atoms with Crippen LogP contribution in [0.25, 0.3) is 0 Å². The Morgan fingerprint density at radius 3 is 1.62 bits per heavy atom. The second-order valence-electron chi connectivity index (χ2n) is 9.18. The van der Waals surface area contributed by atoms with E-state index in [1.807, 2.05) is 0 Å². The van der Waals surface area contributed by atoms with Crippen LogP contribution in [0.2, 0.25) is 0 Å². The summed E-state index contributed by atoms with van der Waals surface area (Å²) in [6, 6.07) is 17.0. The number of likely N-dealkylation sites (tertiary alicyclic amines) is 2. The number of rotatable bonds is 10. The Morgan fingerprint density at radius 2 is 1.24 bits per heavy atom. The van der Waals surface area contributed by atoms with Crippen molar-refractivity contribution in [2.24, 2.45) is 11.5 Å². The Hall–Kier alpha value is -1.35. The van der Waals surface area contributed by atoms with E-state index in [1.165, 1.54) is 20.9 Å². The molecule has 2 aliphatic heterocycles. The van der Waals surface area contributed by atoms with Crippen molar-refractivity contribution in [2.75, 3.05) is 38.7 Å². The molecule has 34 heavy (non-hydrogen) atoms. The van der Waals surface area contributed by atoms with Crippen LogP contribution in [0.4, 0.5) is 0 Å². The third kappa shape index (κ3) is 5.11. The van der Waals surface area contributed by atoms with Crippen molar-refractivity contribution < 1.29 is 4.79 Å². The Labute approximate surface area is 213 Å². The van der Waals surface area contributed by atoms with Gasteiger partial charge in [0.1, 0.15) is 0 Å². The summed E-state index contributed by atoms with van der Waals surface area (Å²) in [5, 5.41) is 0. The van der Waals surface area contributed by atoms with Crippen molar-refractivity contribution in [2.45, 2.75) is 59.6 Å². The molecule has 0 amide bonds. The minimum absolute atomic E-state index is 0.187. The van der Waals surface area contributed by atoms with Gasteiger partial charge in [-0.3, -0.25) is 14.6 Å². The van der Waals surface area contributed by atoms with Crippen LogP contribution in [0, 0.1) is 0 Å². The van der Waals surface area contributed by atoms with Crippen molar-refractivity contribution in [3.8, 4) is 0 Å². The van der Waals surface area contributed by atoms with Crippen LogP contribution in [0.3, 0.4) is 0 Å². The maximum Gasteiger partial charge on any atom is 0.169 e. The number of carbonyl (C=O) groups excluding carboxylic acids is 1. The number of Topliss-reactive ketones (excluding diaryl/α,β-unsaturated/α-hetero) is 1. The van der Waals surface area contributed by atoms with Gasteiger partial charge in [-0.25, -0.2) is 0 Å². The molecule has 2 aromatic rings. The molecule has 2 saturated heterocycles. The number of nitrogens with two attached hydrogens (primary N) is 2. The SMILES string of the molecule is CSc1ccccc1[C@H]1CCCN1C(CN)C(=O)C(CN)N1CCC[C@@H]1c1ccccc1SC. The first kappa shape index (κ1) is 25.7. The van der Waals surface area contributed by atoms with Gasteiger partial charge in [-0.15, -0.1) is 23.5 Å². The van der Waals surface area contributed by atoms with E-state index in [2.05, 4.69) is 70.8 Å². The summed E-state index contributed by atoms with van der Waals surface area (Å²) < 4.78 is 0. The summed E-state index contributed by atoms with van der Waals surface area (Å²) in [6.45, 7) is 2.45. The summed E-state index contributed by atoms with van der Waals surface area (Å²) in [5.41, 5.74) is 15.3. The molecule has 2 unspecified atom stereocenters. The molecule has 5 nitrogen and oxygen atoms in total. The van der Waals surface area contributed by atoms with Crippen molar-refractivity contribution in [1.82, 2.24) is 9.80 Å². The first-order valence-electron chi connectivity index (χ1n) is 12.4. The van der Waals surface area contributed by atoms with Crippen LogP contribution in [0.5, 0.6) is 0 Å². The molecule has 4 atom stereocenters. The van der Waals surface area contributed by atoms with Crippen LogP contribution in [-0.4, -0.2) is 66.4 Å². The standard InChI is InChI=1S/C27H38N4OS2/c1-33-25-13-5-3-9-19(25)21-11-7-15-30(21)23(17-28)27(32)24(18-29)31-16-8-12-22(31)20-10-4-6-14-26(20)34-2/h3-6,9-10,13-14,21-24H,7-8,11-12,15-18,28-29H2,1-2H3/t21-,22-,23?,24?/m1/s1. The molecule has 0 spiro atoms. The lowest BCUT2D eigenvalue weighted by atomic mass is 9.96. The predicted molar refractivity (Wildman–Crippen MR) is 144 cm³/mol. The van der Waals surface area contributed by atoms with Crippen LogP contribution >= 0.6 is 23.5 Å². The zero-order chi connectivity index (χ0) is 24.1. The third-order valence-corrected chi connectivity index (χ3v) is 9.11. The fourth-order valence-electron chi connectivity index (χ4n) is 5.93. The Bertz CT molecular complexity index is 896. The summed E-state index contributed by atoms with van der Waals surface area (Å²) in [6.07, 6.45) is 8.52. The van der Waals surface area contributed by atoms with E-state index in [-0.39, 0.29) is 30.0 Å². The monoisotopic (exact) mass is 498 g/mol. The van der Waals surface area contributed by atoms with Crippen molar-refractivity contribution in [3.63, 3.8) is 0 Å². The van der Waals surface area contributed by atoms with Gasteiger partial charge in [0.15, 0.2) is 5.78 Å². The molecule has 2 heterocycles. The molecule has 4 N–H and O–H groups in total. The van der Waals surface area contributed by atoms with Gasteiger partial charge in [0.2, 0.25) is 0 Å². The zero-order valence-electron chi connectivity index (χ0n) is 20.4. The topological polar surface area (TPSA) is 75.6 Å². The zero-order valence-corrected chi connectivity index (χ0v) is 22.0. The number of carbonyl (C=O) groups is 1. The Balaban J connectivity index is 1.60. The van der Waals surface area contributed by atoms with Gasteiger partial charge in [-0.05, 0) is 74.5 Å². The van der Waals surface area contributed by atoms with E-state index in [0.717, 1.165) is 38.8 Å². The van der Waals surface area contributed by atoms with E-state index in [1.54, 1.807) is 23.5 Å². The highest BCUT2D eigenvalue weighted by atomic mass is 32.2. The predicted octanol–water partition coefficient (Wildman–Crippen LogP) is 4.33. The highest BCUT2D eigenvalue weighted by Gasteiger charge is 2.42. The lowest BCUT2D eigenvalue weighted by Crippen LogP contribution is -2.56. The molecule has 7 heteroatoms. The van der Waals surface area contributed by atoms with Gasteiger partial charge in [-0.2, -0.15) is 0 Å². The molecule has 0 aliphatic carbocycles. The van der Waals surface area contributed by atoms with E-state index < -0.39 is 0 Å². The quantitative estimate of drug-likeness (QED) is 0.472. The first-order chi connectivity index (χ1) is 16.6. The largest absolute Gasteiger partial charge is 0.328 e. The van der Waals surface area contributed by atoms with E-state index >= 15 is 0 Å². The molecule has 2 fully saturated rings. The molecular formula is C27H38N4OS2. The Morgan fingerprint density at radius 1 is 0.824 bits per heavy atom. The van der Waals surface area contributed by atoms with Crippen LogP contribution in [0.15, 0.2) is 58.3 Å². The number of thioether (sulfide) groups is 2. The van der Waals surface area contributed by atoms with Gasteiger partial charge >= 0.3 is 0 Å². The van der Waals surface area contributed by atoms with Crippen molar-refractivity contribution in [3.05, 3.63) is 59.7 Å². The number of nitrogens with zero attached hydrogens (tertiary/aromatic N) is 2. The van der Waals surface area contributed by atoms with Crippen LogP contribution in [-0.2, 0) is 4.79 Å². The maximum atomic E-state index is 14.1. The van der Waals surface area contributed by atoms with E-state index in [0.29, 0.717) is 13.1 Å². The normalized spacial score (nSPS) is 23.3. The van der Waals surface area contributed by atoms with Gasteiger partial charge < -0.3 is 11.5 Å². The molecule has 0 saturated carbocycles. The number of hydrogen-bond acceptors (Lipinski definition) is 7. The fourth-order valence-corrected chi connectivity index (χ4v) is 7.24. The minimum atomic E-state index is -0.312. The second kappa shape index (κ2) is 12.1. The maximum absolute atomic E-state index is 14.1. The highest BCUT2D eigenvalue weighted by molar-refractivity contribution is 7.98. The molecule has 0 radical (unpaired) electrons. The van der Waals surface area contributed by atoms with Gasteiger partial charge in [0.05, 0.1) is 12.1 Å². The smallest absolute Gasteiger partial charge is 0.169 e. The van der Waals surface area contributed by atoms with Gasteiger partial charge in [0, 0.05) is 35.0 Å². The lowest BCUT2D eigenvalue weighted by Gasteiger charge is -2.38. The Kier molecular flexibility index (Phi) is 9.13. The van der Waals surface area contributed by atoms with Crippen molar-refractivity contribution in [1.29, 1.82) is 0 Å². The van der Waals surface area contributed by atoms with Crippen molar-refractivity contribution >= 4 is 29.3 Å². The number of benzene rings is 2. The molecule has 2 aromatic carbocycles. The number of hydrogen-bond donors (Lipinski definition) is 2. The summed E-state index contributed by atoms with van der Waals surface area (Å²) >= 11 is 3.54. The number of ketones is 1. The van der Waals surface area contributed by atoms with Gasteiger partial charge in [0.25, 0.3) is 0 Å².